The van der Waals surface area contributed by atoms with Crippen molar-refractivity contribution in [3.63, 3.8) is 0 Å². The first-order valence-electron chi connectivity index (χ1n) is 6.09. The lowest BCUT2D eigenvalue weighted by atomic mass is 9.92. The predicted octanol–water partition coefficient (Wildman–Crippen LogP) is 1.78. The van der Waals surface area contributed by atoms with Crippen molar-refractivity contribution in [2.75, 3.05) is 0 Å². The van der Waals surface area contributed by atoms with Gasteiger partial charge in [-0.3, -0.25) is 4.98 Å². The Balaban J connectivity index is 1.89. The minimum absolute atomic E-state index is 0.183. The van der Waals surface area contributed by atoms with Crippen molar-refractivity contribution in [3.8, 4) is 0 Å². The molecule has 1 aliphatic carbocycles. The Kier molecular flexibility index (Phi) is 3.91. The largest absolute Gasteiger partial charge is 0.392 e. The van der Waals surface area contributed by atoms with Gasteiger partial charge in [0.1, 0.15) is 0 Å². The van der Waals surface area contributed by atoms with E-state index in [9.17, 15) is 5.11 Å². The number of rotatable bonds is 3. The van der Waals surface area contributed by atoms with Crippen LogP contribution in [-0.4, -0.2) is 22.2 Å². The van der Waals surface area contributed by atoms with E-state index in [-0.39, 0.29) is 12.1 Å². The fourth-order valence-electron chi connectivity index (χ4n) is 2.28. The smallest absolute Gasteiger partial charge is 0.0693 e. The maximum atomic E-state index is 9.83. The van der Waals surface area contributed by atoms with Gasteiger partial charge in [0.2, 0.25) is 0 Å². The van der Waals surface area contributed by atoms with Crippen LogP contribution in [0.3, 0.4) is 0 Å². The molecule has 16 heavy (non-hydrogen) atoms. The maximum Gasteiger partial charge on any atom is 0.0693 e. The Labute approximate surface area is 96.9 Å². The van der Waals surface area contributed by atoms with Crippen LogP contribution in [0.1, 0.15) is 36.9 Å². The van der Waals surface area contributed by atoms with Crippen LogP contribution < -0.4 is 5.32 Å². The second kappa shape index (κ2) is 5.41. The summed E-state index contributed by atoms with van der Waals surface area (Å²) in [6.45, 7) is 2.83. The van der Waals surface area contributed by atoms with Crippen molar-refractivity contribution < 1.29 is 5.11 Å². The molecule has 0 aliphatic heterocycles. The highest BCUT2D eigenvalue weighted by Gasteiger charge is 2.22. The summed E-state index contributed by atoms with van der Waals surface area (Å²) < 4.78 is 0. The SMILES string of the molecule is Cc1cccnc1CNC1CCCCC1O. The number of nitrogens with zero attached hydrogens (tertiary/aromatic N) is 1. The first-order chi connectivity index (χ1) is 7.77. The van der Waals surface area contributed by atoms with Crippen LogP contribution in [0, 0.1) is 6.92 Å². The van der Waals surface area contributed by atoms with Gasteiger partial charge in [0, 0.05) is 18.8 Å². The van der Waals surface area contributed by atoms with Crippen molar-refractivity contribution in [1.29, 1.82) is 0 Å². The molecule has 88 valence electrons. The molecule has 3 nitrogen and oxygen atoms in total. The van der Waals surface area contributed by atoms with E-state index in [2.05, 4.69) is 23.3 Å². The summed E-state index contributed by atoms with van der Waals surface area (Å²) in [7, 11) is 0. The summed E-state index contributed by atoms with van der Waals surface area (Å²) >= 11 is 0. The van der Waals surface area contributed by atoms with E-state index in [4.69, 9.17) is 0 Å². The lowest BCUT2D eigenvalue weighted by molar-refractivity contribution is 0.0900. The van der Waals surface area contributed by atoms with E-state index < -0.39 is 0 Å². The van der Waals surface area contributed by atoms with E-state index >= 15 is 0 Å². The molecule has 0 aromatic carbocycles. The molecule has 1 aromatic rings. The molecule has 2 N–H and O–H groups in total. The summed E-state index contributed by atoms with van der Waals surface area (Å²) in [4.78, 5) is 4.34. The van der Waals surface area contributed by atoms with Crippen molar-refractivity contribution in [3.05, 3.63) is 29.6 Å². The van der Waals surface area contributed by atoms with Gasteiger partial charge in [0.25, 0.3) is 0 Å². The van der Waals surface area contributed by atoms with Crippen LogP contribution in [0.2, 0.25) is 0 Å². The molecule has 3 heteroatoms. The zero-order valence-corrected chi connectivity index (χ0v) is 9.82. The molecule has 0 spiro atoms. The van der Waals surface area contributed by atoms with Crippen LogP contribution >= 0.6 is 0 Å². The third-order valence-electron chi connectivity index (χ3n) is 3.38. The van der Waals surface area contributed by atoms with Gasteiger partial charge in [-0.2, -0.15) is 0 Å². The summed E-state index contributed by atoms with van der Waals surface area (Å²) in [6, 6.07) is 4.27. The van der Waals surface area contributed by atoms with Crippen molar-refractivity contribution in [2.45, 2.75) is 51.3 Å². The molecule has 1 fully saturated rings. The number of aliphatic hydroxyl groups is 1. The molecule has 0 amide bonds. The van der Waals surface area contributed by atoms with Crippen LogP contribution in [-0.2, 0) is 6.54 Å². The minimum atomic E-state index is -0.183. The zero-order valence-electron chi connectivity index (χ0n) is 9.82. The Hall–Kier alpha value is -0.930. The van der Waals surface area contributed by atoms with Crippen LogP contribution in [0.15, 0.2) is 18.3 Å². The molecule has 0 radical (unpaired) electrons. The number of hydrogen-bond donors (Lipinski definition) is 2. The van der Waals surface area contributed by atoms with E-state index in [1.807, 2.05) is 12.3 Å². The number of aryl methyl sites for hydroxylation is 1. The third kappa shape index (κ3) is 2.80. The fourth-order valence-corrected chi connectivity index (χ4v) is 2.28. The molecule has 2 atom stereocenters. The molecule has 1 aromatic heterocycles. The van der Waals surface area contributed by atoms with Crippen LogP contribution in [0.4, 0.5) is 0 Å². The predicted molar refractivity (Wildman–Crippen MR) is 64.1 cm³/mol. The van der Waals surface area contributed by atoms with E-state index in [1.165, 1.54) is 12.0 Å². The van der Waals surface area contributed by atoms with Crippen LogP contribution in [0.5, 0.6) is 0 Å². The van der Waals surface area contributed by atoms with Gasteiger partial charge in [-0.05, 0) is 31.4 Å². The lowest BCUT2D eigenvalue weighted by Crippen LogP contribution is -2.41. The minimum Gasteiger partial charge on any atom is -0.392 e. The standard InChI is InChI=1S/C13H20N2O/c1-10-5-4-8-14-12(10)9-15-11-6-2-3-7-13(11)16/h4-5,8,11,13,15-16H,2-3,6-7,9H2,1H3. The molecule has 1 aliphatic rings. The number of nitrogens with one attached hydrogen (secondary N) is 1. The lowest BCUT2D eigenvalue weighted by Gasteiger charge is -2.28. The highest BCUT2D eigenvalue weighted by Crippen LogP contribution is 2.18. The summed E-state index contributed by atoms with van der Waals surface area (Å²) in [5.41, 5.74) is 2.29. The quantitative estimate of drug-likeness (QED) is 0.816. The highest BCUT2D eigenvalue weighted by molar-refractivity contribution is 5.17. The Bertz CT molecular complexity index is 340. The van der Waals surface area contributed by atoms with Gasteiger partial charge >= 0.3 is 0 Å². The number of pyridine rings is 1. The average molecular weight is 220 g/mol. The molecule has 2 unspecified atom stereocenters. The Morgan fingerprint density at radius 1 is 1.44 bits per heavy atom. The summed E-state index contributed by atoms with van der Waals surface area (Å²) in [5, 5.41) is 13.2. The first-order valence-corrected chi connectivity index (χ1v) is 6.09. The maximum absolute atomic E-state index is 9.83. The van der Waals surface area contributed by atoms with Gasteiger partial charge in [0.05, 0.1) is 11.8 Å². The topological polar surface area (TPSA) is 45.2 Å². The number of aromatic nitrogens is 1. The van der Waals surface area contributed by atoms with Gasteiger partial charge in [0.15, 0.2) is 0 Å². The Morgan fingerprint density at radius 3 is 3.00 bits per heavy atom. The molecule has 1 saturated carbocycles. The Morgan fingerprint density at radius 2 is 2.25 bits per heavy atom. The van der Waals surface area contributed by atoms with Gasteiger partial charge in [-0.1, -0.05) is 18.9 Å². The van der Waals surface area contributed by atoms with E-state index in [0.29, 0.717) is 0 Å². The van der Waals surface area contributed by atoms with Crippen molar-refractivity contribution in [2.24, 2.45) is 0 Å². The number of aliphatic hydroxyl groups excluding tert-OH is 1. The van der Waals surface area contributed by atoms with Gasteiger partial charge in [-0.15, -0.1) is 0 Å². The second-order valence-corrected chi connectivity index (χ2v) is 4.61. The second-order valence-electron chi connectivity index (χ2n) is 4.61. The third-order valence-corrected chi connectivity index (χ3v) is 3.38. The molecule has 0 bridgehead atoms. The summed E-state index contributed by atoms with van der Waals surface area (Å²) in [5.74, 6) is 0. The zero-order chi connectivity index (χ0) is 11.4. The molecular weight excluding hydrogens is 200 g/mol. The number of hydrogen-bond acceptors (Lipinski definition) is 3. The van der Waals surface area contributed by atoms with Crippen molar-refractivity contribution in [1.82, 2.24) is 10.3 Å². The fraction of sp³-hybridized carbons (Fsp3) is 0.615. The summed E-state index contributed by atoms with van der Waals surface area (Å²) in [6.07, 6.45) is 6.02. The molecule has 2 rings (SSSR count). The first kappa shape index (κ1) is 11.6. The molecule has 1 heterocycles. The monoisotopic (exact) mass is 220 g/mol. The van der Waals surface area contributed by atoms with Crippen molar-refractivity contribution >= 4 is 0 Å². The molecule has 0 saturated heterocycles. The van der Waals surface area contributed by atoms with E-state index in [1.54, 1.807) is 0 Å². The normalized spacial score (nSPS) is 25.6. The highest BCUT2D eigenvalue weighted by atomic mass is 16.3. The van der Waals surface area contributed by atoms with Gasteiger partial charge < -0.3 is 10.4 Å². The van der Waals surface area contributed by atoms with Crippen LogP contribution in [0.25, 0.3) is 0 Å². The average Bonchev–Trinajstić information content (AvgIpc) is 2.30. The van der Waals surface area contributed by atoms with Gasteiger partial charge in [-0.25, -0.2) is 0 Å². The molecular formula is C13H20N2O. The van der Waals surface area contributed by atoms with E-state index in [0.717, 1.165) is 31.5 Å².